The maximum atomic E-state index is 12.1. The van der Waals surface area contributed by atoms with E-state index in [0.29, 0.717) is 27.4 Å². The lowest BCUT2D eigenvalue weighted by Crippen LogP contribution is -2.18. The minimum atomic E-state index is -3.68. The SMILES string of the molecule is CNS(=O)(=O)c1cccc(-c2cc(C3=NN=C(SCC(=O)O)C3)cc([N+](=O)[O-])c2)c1. The number of thioether (sulfide) groups is 1. The van der Waals surface area contributed by atoms with Crippen LogP contribution in [-0.4, -0.2) is 48.0 Å². The molecule has 0 saturated heterocycles. The van der Waals surface area contributed by atoms with Gasteiger partial charge in [-0.25, -0.2) is 13.1 Å². The summed E-state index contributed by atoms with van der Waals surface area (Å²) in [5, 5.41) is 28.7. The van der Waals surface area contributed by atoms with E-state index in [4.69, 9.17) is 5.11 Å². The molecule has 0 bridgehead atoms. The van der Waals surface area contributed by atoms with Crippen molar-refractivity contribution in [2.45, 2.75) is 11.3 Å². The molecule has 2 aromatic rings. The van der Waals surface area contributed by atoms with Gasteiger partial charge in [-0.2, -0.15) is 5.10 Å². The van der Waals surface area contributed by atoms with Crippen molar-refractivity contribution < 1.29 is 23.2 Å². The van der Waals surface area contributed by atoms with Crippen molar-refractivity contribution in [2.24, 2.45) is 10.2 Å². The Morgan fingerprint density at radius 1 is 1.20 bits per heavy atom. The number of rotatable bonds is 7. The molecule has 0 fully saturated rings. The zero-order valence-electron chi connectivity index (χ0n) is 15.6. The third-order valence-corrected chi connectivity index (χ3v) is 6.53. The molecular formula is C18H16N4O6S2. The minimum Gasteiger partial charge on any atom is -0.481 e. The Morgan fingerprint density at radius 3 is 2.60 bits per heavy atom. The molecule has 0 aliphatic carbocycles. The Kier molecular flexibility index (Phi) is 6.29. The zero-order valence-corrected chi connectivity index (χ0v) is 17.2. The number of carboxylic acids is 1. The average molecular weight is 448 g/mol. The molecule has 0 saturated carbocycles. The molecule has 1 aliphatic rings. The number of non-ortho nitro benzene ring substituents is 1. The van der Waals surface area contributed by atoms with Crippen molar-refractivity contribution in [1.82, 2.24) is 4.72 Å². The van der Waals surface area contributed by atoms with Crippen molar-refractivity contribution in [3.63, 3.8) is 0 Å². The fourth-order valence-corrected chi connectivity index (χ4v) is 4.13. The number of hydrogen-bond acceptors (Lipinski definition) is 8. The first-order chi connectivity index (χ1) is 14.2. The molecule has 0 aromatic heterocycles. The number of carboxylic acid groups (broad SMARTS) is 1. The maximum Gasteiger partial charge on any atom is 0.313 e. The number of benzene rings is 2. The average Bonchev–Trinajstić information content (AvgIpc) is 3.21. The molecule has 2 aromatic carbocycles. The predicted octanol–water partition coefficient (Wildman–Crippen LogP) is 2.49. The number of hydrogen-bond donors (Lipinski definition) is 2. The van der Waals surface area contributed by atoms with Gasteiger partial charge in [0.2, 0.25) is 10.0 Å². The van der Waals surface area contributed by atoms with Crippen LogP contribution in [0.15, 0.2) is 57.6 Å². The second kappa shape index (κ2) is 8.73. The number of aliphatic carboxylic acids is 1. The molecule has 0 unspecified atom stereocenters. The molecule has 0 atom stereocenters. The molecular weight excluding hydrogens is 432 g/mol. The molecule has 0 spiro atoms. The van der Waals surface area contributed by atoms with Crippen LogP contribution in [-0.2, 0) is 14.8 Å². The van der Waals surface area contributed by atoms with Crippen LogP contribution in [0.3, 0.4) is 0 Å². The number of nitrogens with zero attached hydrogens (tertiary/aromatic N) is 3. The molecule has 10 nitrogen and oxygen atoms in total. The molecule has 0 radical (unpaired) electrons. The second-order valence-corrected chi connectivity index (χ2v) is 9.10. The van der Waals surface area contributed by atoms with Crippen molar-refractivity contribution in [3.05, 3.63) is 58.1 Å². The van der Waals surface area contributed by atoms with Crippen LogP contribution in [0, 0.1) is 10.1 Å². The molecule has 30 heavy (non-hydrogen) atoms. The van der Waals surface area contributed by atoms with E-state index < -0.39 is 20.9 Å². The van der Waals surface area contributed by atoms with Gasteiger partial charge in [0.15, 0.2) is 0 Å². The van der Waals surface area contributed by atoms with Crippen LogP contribution in [0.4, 0.5) is 5.69 Å². The maximum absolute atomic E-state index is 12.1. The van der Waals surface area contributed by atoms with Crippen molar-refractivity contribution in [1.29, 1.82) is 0 Å². The van der Waals surface area contributed by atoms with Gasteiger partial charge < -0.3 is 5.11 Å². The van der Waals surface area contributed by atoms with Crippen LogP contribution in [0.2, 0.25) is 0 Å². The van der Waals surface area contributed by atoms with E-state index in [1.807, 2.05) is 0 Å². The second-order valence-electron chi connectivity index (χ2n) is 6.16. The molecule has 156 valence electrons. The Balaban J connectivity index is 1.97. The number of nitrogens with one attached hydrogen (secondary N) is 1. The Morgan fingerprint density at radius 2 is 1.93 bits per heavy atom. The van der Waals surface area contributed by atoms with Crippen LogP contribution in [0.1, 0.15) is 12.0 Å². The smallest absolute Gasteiger partial charge is 0.313 e. The van der Waals surface area contributed by atoms with Crippen LogP contribution >= 0.6 is 11.8 Å². The summed E-state index contributed by atoms with van der Waals surface area (Å²) in [6.07, 6.45) is 0.257. The summed E-state index contributed by atoms with van der Waals surface area (Å²) < 4.78 is 26.4. The van der Waals surface area contributed by atoms with Crippen LogP contribution < -0.4 is 4.72 Å². The highest BCUT2D eigenvalue weighted by Gasteiger charge is 2.20. The lowest BCUT2D eigenvalue weighted by Gasteiger charge is -2.09. The van der Waals surface area contributed by atoms with Gasteiger partial charge >= 0.3 is 5.97 Å². The van der Waals surface area contributed by atoms with Crippen LogP contribution in [0.25, 0.3) is 11.1 Å². The van der Waals surface area contributed by atoms with Crippen LogP contribution in [0.5, 0.6) is 0 Å². The molecule has 12 heteroatoms. The quantitative estimate of drug-likeness (QED) is 0.488. The summed E-state index contributed by atoms with van der Waals surface area (Å²) in [4.78, 5) is 21.6. The van der Waals surface area contributed by atoms with E-state index in [1.165, 1.54) is 31.3 Å². The van der Waals surface area contributed by atoms with Gasteiger partial charge in [0, 0.05) is 24.1 Å². The summed E-state index contributed by atoms with van der Waals surface area (Å²) in [5.41, 5.74) is 1.67. The van der Waals surface area contributed by atoms with Crippen molar-refractivity contribution >= 4 is 44.2 Å². The fourth-order valence-electron chi connectivity index (χ4n) is 2.73. The third kappa shape index (κ3) is 4.90. The third-order valence-electron chi connectivity index (χ3n) is 4.17. The van der Waals surface area contributed by atoms with E-state index >= 15 is 0 Å². The number of nitro groups is 1. The van der Waals surface area contributed by atoms with Gasteiger partial charge in [0.1, 0.15) is 5.04 Å². The Bertz CT molecular complexity index is 1190. The number of carbonyl (C=O) groups is 1. The van der Waals surface area contributed by atoms with E-state index in [2.05, 4.69) is 14.9 Å². The zero-order chi connectivity index (χ0) is 21.9. The van der Waals surface area contributed by atoms with E-state index in [1.54, 1.807) is 18.2 Å². The topological polar surface area (TPSA) is 151 Å². The summed E-state index contributed by atoms with van der Waals surface area (Å²) in [6, 6.07) is 10.4. The van der Waals surface area contributed by atoms with E-state index in [-0.39, 0.29) is 22.8 Å². The predicted molar refractivity (Wildman–Crippen MR) is 113 cm³/mol. The van der Waals surface area contributed by atoms with Gasteiger partial charge in [0.25, 0.3) is 5.69 Å². The summed E-state index contributed by atoms with van der Waals surface area (Å²) in [6.45, 7) is 0. The minimum absolute atomic E-state index is 0.0319. The molecule has 3 rings (SSSR count). The standard InChI is InChI=1S/C18H16N4O6S2/c1-19-30(27,28)15-4-2-3-11(8-15)12-5-13(7-14(6-12)22(25)26)16-9-17(21-20-16)29-10-18(23)24/h2-8,19H,9-10H2,1H3,(H,23,24). The molecule has 0 amide bonds. The van der Waals surface area contributed by atoms with Gasteiger partial charge in [-0.3, -0.25) is 14.9 Å². The largest absolute Gasteiger partial charge is 0.481 e. The van der Waals surface area contributed by atoms with Gasteiger partial charge in [-0.05, 0) is 36.4 Å². The van der Waals surface area contributed by atoms with Gasteiger partial charge in [-0.15, -0.1) is 5.10 Å². The first-order valence-corrected chi connectivity index (χ1v) is 11.0. The Hall–Kier alpha value is -3.09. The first kappa shape index (κ1) is 21.6. The fraction of sp³-hybridized carbons (Fsp3) is 0.167. The lowest BCUT2D eigenvalue weighted by atomic mass is 9.99. The lowest BCUT2D eigenvalue weighted by molar-refractivity contribution is -0.384. The van der Waals surface area contributed by atoms with Gasteiger partial charge in [0.05, 0.1) is 21.3 Å². The molecule has 1 heterocycles. The first-order valence-electron chi connectivity index (χ1n) is 8.51. The summed E-state index contributed by atoms with van der Waals surface area (Å²) in [5.74, 6) is -1.14. The van der Waals surface area contributed by atoms with Crippen molar-refractivity contribution in [2.75, 3.05) is 12.8 Å². The Labute approximate surface area is 175 Å². The van der Waals surface area contributed by atoms with E-state index in [0.717, 1.165) is 11.8 Å². The van der Waals surface area contributed by atoms with E-state index in [9.17, 15) is 23.3 Å². The molecule has 2 N–H and O–H groups in total. The normalized spacial score (nSPS) is 13.6. The highest BCUT2D eigenvalue weighted by Crippen LogP contribution is 2.30. The summed E-state index contributed by atoms with van der Waals surface area (Å²) in [7, 11) is -2.38. The monoisotopic (exact) mass is 448 g/mol. The summed E-state index contributed by atoms with van der Waals surface area (Å²) >= 11 is 1.04. The van der Waals surface area contributed by atoms with Crippen molar-refractivity contribution in [3.8, 4) is 11.1 Å². The van der Waals surface area contributed by atoms with Gasteiger partial charge in [-0.1, -0.05) is 23.9 Å². The highest BCUT2D eigenvalue weighted by atomic mass is 32.2. The number of sulfonamides is 1. The molecule has 1 aliphatic heterocycles. The number of nitro benzene ring substituents is 1. The highest BCUT2D eigenvalue weighted by molar-refractivity contribution is 8.14.